The zero-order valence-electron chi connectivity index (χ0n) is 9.82. The van der Waals surface area contributed by atoms with Crippen LogP contribution in [0.25, 0.3) is 0 Å². The van der Waals surface area contributed by atoms with Crippen molar-refractivity contribution < 1.29 is 4.79 Å². The number of amides is 1. The van der Waals surface area contributed by atoms with Crippen molar-refractivity contribution in [3.8, 4) is 0 Å². The molecule has 2 rings (SSSR count). The van der Waals surface area contributed by atoms with Gasteiger partial charge in [-0.3, -0.25) is 4.79 Å². The summed E-state index contributed by atoms with van der Waals surface area (Å²) in [6.45, 7) is 1.70. The van der Waals surface area contributed by atoms with Gasteiger partial charge in [-0.25, -0.2) is 0 Å². The van der Waals surface area contributed by atoms with Crippen LogP contribution in [0.15, 0.2) is 35.2 Å². The lowest BCUT2D eigenvalue weighted by Crippen LogP contribution is -2.48. The van der Waals surface area contributed by atoms with Gasteiger partial charge in [0, 0.05) is 23.7 Å². The summed E-state index contributed by atoms with van der Waals surface area (Å²) in [5.41, 5.74) is 0. The standard InChI is InChI=1S/C13H18N2OS/c16-13-12(7-4-8-15-13)14-9-10-17-11-5-2-1-3-6-11/h1-3,5-6,12,14H,4,7-10H2,(H,15,16). The topological polar surface area (TPSA) is 41.1 Å². The highest BCUT2D eigenvalue weighted by molar-refractivity contribution is 7.99. The second kappa shape index (κ2) is 6.67. The molecule has 1 unspecified atom stereocenters. The molecule has 2 N–H and O–H groups in total. The van der Waals surface area contributed by atoms with E-state index in [0.29, 0.717) is 0 Å². The summed E-state index contributed by atoms with van der Waals surface area (Å²) in [5.74, 6) is 1.15. The Balaban J connectivity index is 1.64. The van der Waals surface area contributed by atoms with E-state index in [-0.39, 0.29) is 11.9 Å². The summed E-state index contributed by atoms with van der Waals surface area (Å²) in [6.07, 6.45) is 2.04. The van der Waals surface area contributed by atoms with Crippen LogP contribution >= 0.6 is 11.8 Å². The van der Waals surface area contributed by atoms with Crippen LogP contribution in [0.3, 0.4) is 0 Å². The van der Waals surface area contributed by atoms with E-state index in [1.807, 2.05) is 30.0 Å². The first-order valence-corrected chi connectivity index (χ1v) is 7.04. The van der Waals surface area contributed by atoms with E-state index < -0.39 is 0 Å². The van der Waals surface area contributed by atoms with Gasteiger partial charge in [0.2, 0.25) is 5.91 Å². The molecule has 92 valence electrons. The van der Waals surface area contributed by atoms with E-state index in [9.17, 15) is 4.79 Å². The number of hydrogen-bond acceptors (Lipinski definition) is 3. The number of carbonyl (C=O) groups is 1. The van der Waals surface area contributed by atoms with Gasteiger partial charge in [-0.1, -0.05) is 18.2 Å². The van der Waals surface area contributed by atoms with Gasteiger partial charge in [-0.05, 0) is 25.0 Å². The molecule has 0 radical (unpaired) electrons. The van der Waals surface area contributed by atoms with E-state index in [1.165, 1.54) is 4.90 Å². The summed E-state index contributed by atoms with van der Waals surface area (Å²) in [4.78, 5) is 12.8. The quantitative estimate of drug-likeness (QED) is 0.617. The molecule has 0 spiro atoms. The molecular weight excluding hydrogens is 232 g/mol. The zero-order valence-corrected chi connectivity index (χ0v) is 10.6. The fraction of sp³-hybridized carbons (Fsp3) is 0.462. The Hall–Kier alpha value is -1.00. The van der Waals surface area contributed by atoms with Crippen LogP contribution in [0.4, 0.5) is 0 Å². The van der Waals surface area contributed by atoms with Gasteiger partial charge < -0.3 is 10.6 Å². The third-order valence-corrected chi connectivity index (χ3v) is 3.80. The van der Waals surface area contributed by atoms with E-state index >= 15 is 0 Å². The van der Waals surface area contributed by atoms with Crippen molar-refractivity contribution in [2.75, 3.05) is 18.8 Å². The van der Waals surface area contributed by atoms with Gasteiger partial charge in [0.1, 0.15) is 0 Å². The monoisotopic (exact) mass is 250 g/mol. The molecule has 1 fully saturated rings. The second-order valence-electron chi connectivity index (χ2n) is 4.10. The average Bonchev–Trinajstić information content (AvgIpc) is 2.38. The Labute approximate surface area is 106 Å². The van der Waals surface area contributed by atoms with Crippen LogP contribution in [0, 0.1) is 0 Å². The van der Waals surface area contributed by atoms with E-state index in [4.69, 9.17) is 0 Å². The SMILES string of the molecule is O=C1NCCCC1NCCSc1ccccc1. The molecule has 1 amide bonds. The van der Waals surface area contributed by atoms with Crippen molar-refractivity contribution in [3.63, 3.8) is 0 Å². The third-order valence-electron chi connectivity index (χ3n) is 2.79. The molecule has 0 aromatic heterocycles. The van der Waals surface area contributed by atoms with Crippen molar-refractivity contribution >= 4 is 17.7 Å². The van der Waals surface area contributed by atoms with Crippen molar-refractivity contribution in [3.05, 3.63) is 30.3 Å². The number of rotatable bonds is 5. The maximum atomic E-state index is 11.5. The molecule has 0 bridgehead atoms. The largest absolute Gasteiger partial charge is 0.355 e. The first-order chi connectivity index (χ1) is 8.36. The Morgan fingerprint density at radius 1 is 1.35 bits per heavy atom. The first kappa shape index (κ1) is 12.5. The van der Waals surface area contributed by atoms with Crippen LogP contribution in [-0.4, -0.2) is 30.8 Å². The summed E-state index contributed by atoms with van der Waals surface area (Å²) < 4.78 is 0. The van der Waals surface area contributed by atoms with Crippen LogP contribution in [0.5, 0.6) is 0 Å². The van der Waals surface area contributed by atoms with Crippen molar-refractivity contribution in [2.24, 2.45) is 0 Å². The molecule has 0 aliphatic carbocycles. The molecule has 1 heterocycles. The summed E-state index contributed by atoms with van der Waals surface area (Å²) >= 11 is 1.82. The fourth-order valence-electron chi connectivity index (χ4n) is 1.89. The molecule has 1 aliphatic heterocycles. The van der Waals surface area contributed by atoms with E-state index in [1.54, 1.807) is 0 Å². The molecule has 1 atom stereocenters. The Bertz CT molecular complexity index is 356. The smallest absolute Gasteiger partial charge is 0.237 e. The molecule has 17 heavy (non-hydrogen) atoms. The lowest BCUT2D eigenvalue weighted by Gasteiger charge is -2.22. The van der Waals surface area contributed by atoms with Crippen molar-refractivity contribution in [2.45, 2.75) is 23.8 Å². The number of thioether (sulfide) groups is 1. The Morgan fingerprint density at radius 3 is 2.94 bits per heavy atom. The highest BCUT2D eigenvalue weighted by Gasteiger charge is 2.20. The second-order valence-corrected chi connectivity index (χ2v) is 5.27. The molecule has 4 heteroatoms. The van der Waals surface area contributed by atoms with E-state index in [2.05, 4.69) is 22.8 Å². The minimum atomic E-state index is 0.0140. The molecule has 0 saturated carbocycles. The number of benzene rings is 1. The molecule has 1 aromatic carbocycles. The normalized spacial score (nSPS) is 20.0. The molecule has 3 nitrogen and oxygen atoms in total. The Morgan fingerprint density at radius 2 is 2.18 bits per heavy atom. The predicted octanol–water partition coefficient (Wildman–Crippen LogP) is 1.65. The lowest BCUT2D eigenvalue weighted by molar-refractivity contribution is -0.124. The predicted molar refractivity (Wildman–Crippen MR) is 71.2 cm³/mol. The van der Waals surface area contributed by atoms with Gasteiger partial charge in [-0.2, -0.15) is 0 Å². The zero-order chi connectivity index (χ0) is 11.9. The minimum absolute atomic E-state index is 0.0140. The minimum Gasteiger partial charge on any atom is -0.355 e. The number of piperidine rings is 1. The number of nitrogens with one attached hydrogen (secondary N) is 2. The first-order valence-electron chi connectivity index (χ1n) is 6.05. The average molecular weight is 250 g/mol. The summed E-state index contributed by atoms with van der Waals surface area (Å²) in [7, 11) is 0. The maximum Gasteiger partial charge on any atom is 0.237 e. The number of hydrogen-bond donors (Lipinski definition) is 2. The fourth-order valence-corrected chi connectivity index (χ4v) is 2.69. The Kier molecular flexibility index (Phi) is 4.88. The van der Waals surface area contributed by atoms with Crippen LogP contribution < -0.4 is 10.6 Å². The summed E-state index contributed by atoms with van der Waals surface area (Å²) in [6, 6.07) is 10.3. The molecule has 1 aromatic rings. The van der Waals surface area contributed by atoms with Gasteiger partial charge >= 0.3 is 0 Å². The van der Waals surface area contributed by atoms with Gasteiger partial charge in [0.15, 0.2) is 0 Å². The van der Waals surface area contributed by atoms with E-state index in [0.717, 1.165) is 31.7 Å². The van der Waals surface area contributed by atoms with Crippen LogP contribution in [0.2, 0.25) is 0 Å². The van der Waals surface area contributed by atoms with Gasteiger partial charge in [-0.15, -0.1) is 11.8 Å². The number of carbonyl (C=O) groups excluding carboxylic acids is 1. The van der Waals surface area contributed by atoms with Gasteiger partial charge in [0.05, 0.1) is 6.04 Å². The molecule has 1 aliphatic rings. The van der Waals surface area contributed by atoms with Crippen molar-refractivity contribution in [1.29, 1.82) is 0 Å². The van der Waals surface area contributed by atoms with Gasteiger partial charge in [0.25, 0.3) is 0 Å². The lowest BCUT2D eigenvalue weighted by atomic mass is 10.1. The molecular formula is C13H18N2OS. The highest BCUT2D eigenvalue weighted by Crippen LogP contribution is 2.16. The van der Waals surface area contributed by atoms with Crippen molar-refractivity contribution in [1.82, 2.24) is 10.6 Å². The third kappa shape index (κ3) is 4.06. The maximum absolute atomic E-state index is 11.5. The van der Waals surface area contributed by atoms with Crippen LogP contribution in [-0.2, 0) is 4.79 Å². The highest BCUT2D eigenvalue weighted by atomic mass is 32.2. The summed E-state index contributed by atoms with van der Waals surface area (Å²) in [5, 5.41) is 6.19. The molecule has 1 saturated heterocycles. The van der Waals surface area contributed by atoms with Crippen LogP contribution in [0.1, 0.15) is 12.8 Å².